The van der Waals surface area contributed by atoms with E-state index in [4.69, 9.17) is 16.9 Å². The van der Waals surface area contributed by atoms with E-state index in [1.807, 2.05) is 12.1 Å². The lowest BCUT2D eigenvalue weighted by Gasteiger charge is -2.20. The Kier molecular flexibility index (Phi) is 2.49. The van der Waals surface area contributed by atoms with Crippen molar-refractivity contribution in [2.45, 2.75) is 31.2 Å². The zero-order valence-corrected chi connectivity index (χ0v) is 10.4. The number of nitrogens with zero attached hydrogens (tertiary/aromatic N) is 3. The number of terminal acetylenes is 1. The van der Waals surface area contributed by atoms with Crippen LogP contribution in [0.2, 0.25) is 0 Å². The second kappa shape index (κ2) is 3.95. The first-order valence-electron chi connectivity index (χ1n) is 5.97. The summed E-state index contributed by atoms with van der Waals surface area (Å²) >= 11 is 0. The SMILES string of the molecule is C#C[C@@]1(C)OC(c2ccc3c(N)ncnn23)CC1O. The molecule has 1 aliphatic heterocycles. The topological polar surface area (TPSA) is 85.7 Å². The van der Waals surface area contributed by atoms with Gasteiger partial charge < -0.3 is 15.6 Å². The minimum absolute atomic E-state index is 0.312. The molecule has 2 aromatic rings. The molecule has 3 atom stereocenters. The van der Waals surface area contributed by atoms with Crippen molar-refractivity contribution >= 4 is 11.3 Å². The Balaban J connectivity index is 2.04. The maximum Gasteiger partial charge on any atom is 0.152 e. The molecule has 2 unspecified atom stereocenters. The third kappa shape index (κ3) is 1.67. The summed E-state index contributed by atoms with van der Waals surface area (Å²) in [6.45, 7) is 1.71. The molecule has 0 spiro atoms. The monoisotopic (exact) mass is 258 g/mol. The number of nitrogens with two attached hydrogens (primary N) is 1. The lowest BCUT2D eigenvalue weighted by molar-refractivity contribution is -0.0302. The van der Waals surface area contributed by atoms with Crippen molar-refractivity contribution in [3.8, 4) is 12.3 Å². The Labute approximate surface area is 110 Å². The van der Waals surface area contributed by atoms with Crippen molar-refractivity contribution in [1.82, 2.24) is 14.6 Å². The van der Waals surface area contributed by atoms with Crippen LogP contribution in [-0.4, -0.2) is 31.4 Å². The summed E-state index contributed by atoms with van der Waals surface area (Å²) in [6, 6.07) is 3.69. The van der Waals surface area contributed by atoms with Crippen LogP contribution in [0.25, 0.3) is 5.52 Å². The number of nitrogen functional groups attached to an aromatic ring is 1. The standard InChI is InChI=1S/C13H14N4O2/c1-3-13(2)11(18)6-10(19-13)8-4-5-9-12(14)15-7-16-17(8)9/h1,4-5,7,10-11,18H,6H2,2H3,(H2,14,15,16)/t10?,11?,13-/m1/s1. The van der Waals surface area contributed by atoms with Crippen molar-refractivity contribution in [3.63, 3.8) is 0 Å². The van der Waals surface area contributed by atoms with Gasteiger partial charge in [0.05, 0.1) is 11.8 Å². The molecule has 6 nitrogen and oxygen atoms in total. The van der Waals surface area contributed by atoms with Gasteiger partial charge in [0.1, 0.15) is 17.9 Å². The molecule has 1 aliphatic rings. The number of fused-ring (bicyclic) bond motifs is 1. The van der Waals surface area contributed by atoms with Gasteiger partial charge in [-0.15, -0.1) is 6.42 Å². The number of hydrogen-bond acceptors (Lipinski definition) is 5. The van der Waals surface area contributed by atoms with E-state index < -0.39 is 11.7 Å². The van der Waals surface area contributed by atoms with Crippen LogP contribution >= 0.6 is 0 Å². The Morgan fingerprint density at radius 2 is 2.42 bits per heavy atom. The Morgan fingerprint density at radius 1 is 1.63 bits per heavy atom. The van der Waals surface area contributed by atoms with Crippen molar-refractivity contribution in [2.24, 2.45) is 0 Å². The van der Waals surface area contributed by atoms with Crippen LogP contribution in [0.15, 0.2) is 18.5 Å². The molecule has 0 aliphatic carbocycles. The predicted octanol–water partition coefficient (Wildman–Crippen LogP) is 0.526. The molecule has 0 saturated carbocycles. The normalized spacial score (nSPS) is 30.6. The molecule has 2 aromatic heterocycles. The Bertz CT molecular complexity index is 675. The average molecular weight is 258 g/mol. The van der Waals surface area contributed by atoms with E-state index in [1.165, 1.54) is 6.33 Å². The highest BCUT2D eigenvalue weighted by Gasteiger charge is 2.44. The van der Waals surface area contributed by atoms with E-state index in [0.29, 0.717) is 17.8 Å². The molecule has 1 saturated heterocycles. The summed E-state index contributed by atoms with van der Waals surface area (Å²) in [5.41, 5.74) is 6.34. The summed E-state index contributed by atoms with van der Waals surface area (Å²) in [6.07, 6.45) is 6.22. The summed E-state index contributed by atoms with van der Waals surface area (Å²) in [5.74, 6) is 2.90. The number of anilines is 1. The molecule has 0 amide bonds. The fourth-order valence-electron chi connectivity index (χ4n) is 2.38. The molecule has 6 heteroatoms. The van der Waals surface area contributed by atoms with Gasteiger partial charge in [-0.1, -0.05) is 5.92 Å². The molecule has 3 rings (SSSR count). The number of aromatic nitrogens is 3. The van der Waals surface area contributed by atoms with Gasteiger partial charge in [0.15, 0.2) is 11.4 Å². The molecule has 3 heterocycles. The largest absolute Gasteiger partial charge is 0.389 e. The molecular weight excluding hydrogens is 244 g/mol. The highest BCUT2D eigenvalue weighted by molar-refractivity contribution is 5.65. The van der Waals surface area contributed by atoms with Crippen LogP contribution in [-0.2, 0) is 4.74 Å². The third-order valence-corrected chi connectivity index (χ3v) is 3.59. The lowest BCUT2D eigenvalue weighted by Crippen LogP contribution is -2.33. The van der Waals surface area contributed by atoms with Crippen molar-refractivity contribution in [2.75, 3.05) is 5.73 Å². The predicted molar refractivity (Wildman–Crippen MR) is 69.1 cm³/mol. The van der Waals surface area contributed by atoms with Crippen LogP contribution in [0.1, 0.15) is 25.1 Å². The summed E-state index contributed by atoms with van der Waals surface area (Å²) in [7, 11) is 0. The first-order chi connectivity index (χ1) is 9.05. The number of hydrogen-bond donors (Lipinski definition) is 2. The van der Waals surface area contributed by atoms with E-state index >= 15 is 0 Å². The van der Waals surface area contributed by atoms with E-state index in [-0.39, 0.29) is 6.10 Å². The third-order valence-electron chi connectivity index (χ3n) is 3.59. The molecule has 98 valence electrons. The van der Waals surface area contributed by atoms with Crippen LogP contribution in [0, 0.1) is 12.3 Å². The Hall–Kier alpha value is -2.10. The van der Waals surface area contributed by atoms with E-state index in [1.54, 1.807) is 11.4 Å². The minimum Gasteiger partial charge on any atom is -0.389 e. The molecule has 19 heavy (non-hydrogen) atoms. The summed E-state index contributed by atoms with van der Waals surface area (Å²) in [5, 5.41) is 14.2. The van der Waals surface area contributed by atoms with Gasteiger partial charge in [0.25, 0.3) is 0 Å². The minimum atomic E-state index is -0.965. The molecular formula is C13H14N4O2. The van der Waals surface area contributed by atoms with Gasteiger partial charge in [0.2, 0.25) is 0 Å². The van der Waals surface area contributed by atoms with Crippen LogP contribution in [0.4, 0.5) is 5.82 Å². The molecule has 0 radical (unpaired) electrons. The van der Waals surface area contributed by atoms with Gasteiger partial charge >= 0.3 is 0 Å². The zero-order valence-electron chi connectivity index (χ0n) is 10.4. The molecule has 3 N–H and O–H groups in total. The second-order valence-corrected chi connectivity index (χ2v) is 4.81. The van der Waals surface area contributed by atoms with Gasteiger partial charge in [-0.2, -0.15) is 5.10 Å². The van der Waals surface area contributed by atoms with Gasteiger partial charge in [-0.05, 0) is 19.1 Å². The second-order valence-electron chi connectivity index (χ2n) is 4.81. The maximum absolute atomic E-state index is 10.0. The average Bonchev–Trinajstić information content (AvgIpc) is 2.94. The highest BCUT2D eigenvalue weighted by atomic mass is 16.5. The van der Waals surface area contributed by atoms with Gasteiger partial charge in [0, 0.05) is 6.42 Å². The fraction of sp³-hybridized carbons (Fsp3) is 0.385. The first-order valence-corrected chi connectivity index (χ1v) is 5.97. The highest BCUT2D eigenvalue weighted by Crippen LogP contribution is 2.39. The van der Waals surface area contributed by atoms with Crippen molar-refractivity contribution < 1.29 is 9.84 Å². The van der Waals surface area contributed by atoms with Crippen LogP contribution < -0.4 is 5.73 Å². The van der Waals surface area contributed by atoms with E-state index in [9.17, 15) is 5.11 Å². The quantitative estimate of drug-likeness (QED) is 0.729. The van der Waals surface area contributed by atoms with Crippen LogP contribution in [0.5, 0.6) is 0 Å². The van der Waals surface area contributed by atoms with Gasteiger partial charge in [-0.3, -0.25) is 0 Å². The molecule has 1 fully saturated rings. The van der Waals surface area contributed by atoms with Crippen LogP contribution in [0.3, 0.4) is 0 Å². The van der Waals surface area contributed by atoms with E-state index in [2.05, 4.69) is 16.0 Å². The first kappa shape index (κ1) is 12.0. The number of ether oxygens (including phenoxy) is 1. The molecule has 0 bridgehead atoms. The summed E-state index contributed by atoms with van der Waals surface area (Å²) < 4.78 is 7.46. The fourth-order valence-corrected chi connectivity index (χ4v) is 2.38. The number of aliphatic hydroxyl groups excluding tert-OH is 1. The molecule has 0 aromatic carbocycles. The van der Waals surface area contributed by atoms with Crippen molar-refractivity contribution in [1.29, 1.82) is 0 Å². The smallest absolute Gasteiger partial charge is 0.152 e. The number of aliphatic hydroxyl groups is 1. The zero-order chi connectivity index (χ0) is 13.6. The van der Waals surface area contributed by atoms with Crippen molar-refractivity contribution in [3.05, 3.63) is 24.2 Å². The Morgan fingerprint density at radius 3 is 3.11 bits per heavy atom. The lowest BCUT2D eigenvalue weighted by atomic mass is 9.99. The van der Waals surface area contributed by atoms with Gasteiger partial charge in [-0.25, -0.2) is 9.50 Å². The van der Waals surface area contributed by atoms with E-state index in [0.717, 1.165) is 5.69 Å². The maximum atomic E-state index is 10.0. The number of rotatable bonds is 1. The summed E-state index contributed by atoms with van der Waals surface area (Å²) in [4.78, 5) is 3.93.